The molecule has 0 heterocycles. The Kier molecular flexibility index (Phi) is 8.44. The largest absolute Gasteiger partial charge is 0.445 e. The first-order valence-corrected chi connectivity index (χ1v) is 9.21. The third kappa shape index (κ3) is 7.50. The Bertz CT molecular complexity index is 824. The number of carbonyl (C=O) groups excluding carboxylic acids is 3. The fourth-order valence-corrected chi connectivity index (χ4v) is 2.65. The summed E-state index contributed by atoms with van der Waals surface area (Å²) in [5.41, 5.74) is 6.99. The summed E-state index contributed by atoms with van der Waals surface area (Å²) in [6, 6.07) is 16.6. The first-order chi connectivity index (χ1) is 14.0. The van der Waals surface area contributed by atoms with Crippen LogP contribution in [0.4, 0.5) is 4.79 Å². The number of primary amides is 1. The molecule has 2 rings (SSSR count). The second kappa shape index (κ2) is 11.3. The van der Waals surface area contributed by atoms with Crippen LogP contribution in [0.15, 0.2) is 73.3 Å². The minimum Gasteiger partial charge on any atom is -0.445 e. The van der Waals surface area contributed by atoms with Gasteiger partial charge in [-0.05, 0) is 17.5 Å². The molecule has 0 unspecified atom stereocenters. The number of hydrogen-bond acceptors (Lipinski definition) is 4. The maximum absolute atomic E-state index is 12.7. The molecule has 0 saturated heterocycles. The number of alkyl carbamates (subject to hydrolysis) is 1. The van der Waals surface area contributed by atoms with Gasteiger partial charge in [0, 0.05) is 6.42 Å². The van der Waals surface area contributed by atoms with Crippen molar-refractivity contribution in [1.29, 1.82) is 0 Å². The van der Waals surface area contributed by atoms with Crippen LogP contribution in [-0.2, 0) is 27.4 Å². The van der Waals surface area contributed by atoms with Gasteiger partial charge >= 0.3 is 6.09 Å². The van der Waals surface area contributed by atoms with E-state index in [1.807, 2.05) is 60.7 Å². The summed E-state index contributed by atoms with van der Waals surface area (Å²) in [5, 5.41) is 5.13. The highest BCUT2D eigenvalue weighted by Gasteiger charge is 2.26. The lowest BCUT2D eigenvalue weighted by atomic mass is 10.0. The number of rotatable bonds is 10. The number of carbonyl (C=O) groups is 3. The van der Waals surface area contributed by atoms with Gasteiger partial charge in [0.15, 0.2) is 0 Å². The smallest absolute Gasteiger partial charge is 0.408 e. The first kappa shape index (κ1) is 21.7. The maximum atomic E-state index is 12.7. The molecule has 29 heavy (non-hydrogen) atoms. The predicted octanol–water partition coefficient (Wildman–Crippen LogP) is 2.07. The zero-order valence-corrected chi connectivity index (χ0v) is 16.0. The summed E-state index contributed by atoms with van der Waals surface area (Å²) in [6.45, 7) is 3.63. The Morgan fingerprint density at radius 3 is 2.07 bits per heavy atom. The topological polar surface area (TPSA) is 111 Å². The summed E-state index contributed by atoms with van der Waals surface area (Å²) in [6.07, 6.45) is 1.18. The average molecular weight is 395 g/mol. The second-order valence-electron chi connectivity index (χ2n) is 6.44. The normalized spacial score (nSPS) is 12.3. The SMILES string of the molecule is C=CC[C@H](NC(=O)[C@@H](Cc1ccccc1)NC(=O)OCc1ccccc1)C(N)=O. The number of hydrogen-bond donors (Lipinski definition) is 3. The van der Waals surface area contributed by atoms with Crippen molar-refractivity contribution in [2.24, 2.45) is 5.73 Å². The highest BCUT2D eigenvalue weighted by molar-refractivity contribution is 5.91. The van der Waals surface area contributed by atoms with E-state index in [9.17, 15) is 14.4 Å². The van der Waals surface area contributed by atoms with Crippen LogP contribution in [0.25, 0.3) is 0 Å². The summed E-state index contributed by atoms with van der Waals surface area (Å²) in [5.74, 6) is -1.21. The molecule has 0 fully saturated rings. The van der Waals surface area contributed by atoms with Crippen LogP contribution in [-0.4, -0.2) is 30.0 Å². The number of nitrogens with two attached hydrogens (primary N) is 1. The van der Waals surface area contributed by atoms with Gasteiger partial charge in [0.2, 0.25) is 11.8 Å². The molecule has 0 aliphatic rings. The molecule has 2 atom stereocenters. The third-order valence-electron chi connectivity index (χ3n) is 4.17. The Balaban J connectivity index is 2.05. The van der Waals surface area contributed by atoms with E-state index in [1.54, 1.807) is 0 Å². The van der Waals surface area contributed by atoms with Crippen LogP contribution in [0.1, 0.15) is 17.5 Å². The molecule has 7 heteroatoms. The average Bonchev–Trinajstić information content (AvgIpc) is 2.73. The van der Waals surface area contributed by atoms with Crippen molar-refractivity contribution in [3.8, 4) is 0 Å². The number of nitrogens with one attached hydrogen (secondary N) is 2. The minimum absolute atomic E-state index is 0.0761. The van der Waals surface area contributed by atoms with Crippen LogP contribution in [0.3, 0.4) is 0 Å². The van der Waals surface area contributed by atoms with Crippen molar-refractivity contribution >= 4 is 17.9 Å². The molecule has 152 valence electrons. The van der Waals surface area contributed by atoms with Crippen LogP contribution in [0.5, 0.6) is 0 Å². The van der Waals surface area contributed by atoms with E-state index < -0.39 is 30.0 Å². The van der Waals surface area contributed by atoms with Crippen LogP contribution < -0.4 is 16.4 Å². The fourth-order valence-electron chi connectivity index (χ4n) is 2.65. The molecule has 2 aromatic rings. The van der Waals surface area contributed by atoms with Gasteiger partial charge in [-0.1, -0.05) is 66.7 Å². The molecular weight excluding hydrogens is 370 g/mol. The van der Waals surface area contributed by atoms with Gasteiger partial charge in [0.25, 0.3) is 0 Å². The monoisotopic (exact) mass is 395 g/mol. The molecule has 0 bridgehead atoms. The van der Waals surface area contributed by atoms with Crippen molar-refractivity contribution in [1.82, 2.24) is 10.6 Å². The summed E-state index contributed by atoms with van der Waals surface area (Å²) in [4.78, 5) is 36.5. The number of ether oxygens (including phenoxy) is 1. The summed E-state index contributed by atoms with van der Waals surface area (Å²) >= 11 is 0. The van der Waals surface area contributed by atoms with E-state index >= 15 is 0 Å². The molecule has 2 aromatic carbocycles. The Labute approximate surface area is 169 Å². The number of amides is 3. The van der Waals surface area contributed by atoms with Gasteiger partial charge in [0.05, 0.1) is 0 Å². The molecule has 0 aliphatic heterocycles. The van der Waals surface area contributed by atoms with Gasteiger partial charge in [-0.25, -0.2) is 4.79 Å². The fraction of sp³-hybridized carbons (Fsp3) is 0.227. The molecule has 3 amide bonds. The van der Waals surface area contributed by atoms with E-state index in [1.165, 1.54) is 6.08 Å². The molecular formula is C22H25N3O4. The second-order valence-corrected chi connectivity index (χ2v) is 6.44. The Hall–Kier alpha value is -3.61. The highest BCUT2D eigenvalue weighted by atomic mass is 16.5. The predicted molar refractivity (Wildman–Crippen MR) is 110 cm³/mol. The van der Waals surface area contributed by atoms with Crippen LogP contribution in [0, 0.1) is 0 Å². The van der Waals surface area contributed by atoms with Crippen molar-refractivity contribution in [2.75, 3.05) is 0 Å². The minimum atomic E-state index is -0.938. The molecule has 0 aliphatic carbocycles. The van der Waals surface area contributed by atoms with Gasteiger partial charge in [-0.15, -0.1) is 6.58 Å². The van der Waals surface area contributed by atoms with E-state index in [0.717, 1.165) is 11.1 Å². The zero-order valence-electron chi connectivity index (χ0n) is 16.0. The molecule has 0 aromatic heterocycles. The van der Waals surface area contributed by atoms with Gasteiger partial charge in [-0.3, -0.25) is 9.59 Å². The van der Waals surface area contributed by atoms with E-state index in [2.05, 4.69) is 17.2 Å². The lowest BCUT2D eigenvalue weighted by molar-refractivity contribution is -0.128. The summed E-state index contributed by atoms with van der Waals surface area (Å²) < 4.78 is 5.21. The van der Waals surface area contributed by atoms with Gasteiger partial charge in [-0.2, -0.15) is 0 Å². The molecule has 0 saturated carbocycles. The van der Waals surface area contributed by atoms with E-state index in [0.29, 0.717) is 0 Å². The molecule has 7 nitrogen and oxygen atoms in total. The van der Waals surface area contributed by atoms with Gasteiger partial charge in [0.1, 0.15) is 18.7 Å². The van der Waals surface area contributed by atoms with Crippen LogP contribution in [0.2, 0.25) is 0 Å². The zero-order chi connectivity index (χ0) is 21.1. The lowest BCUT2D eigenvalue weighted by Crippen LogP contribution is -2.53. The van der Waals surface area contributed by atoms with E-state index in [-0.39, 0.29) is 19.4 Å². The van der Waals surface area contributed by atoms with Crippen molar-refractivity contribution < 1.29 is 19.1 Å². The standard InChI is InChI=1S/C22H25N3O4/c1-2-9-18(20(23)26)24-21(27)19(14-16-10-5-3-6-11-16)25-22(28)29-15-17-12-7-4-8-13-17/h2-8,10-13,18-19H,1,9,14-15H2,(H2,23,26)(H,24,27)(H,25,28)/t18-,19+/m0/s1. The quantitative estimate of drug-likeness (QED) is 0.535. The van der Waals surface area contributed by atoms with Crippen molar-refractivity contribution in [2.45, 2.75) is 31.5 Å². The van der Waals surface area contributed by atoms with Gasteiger partial charge < -0.3 is 21.1 Å². The molecule has 4 N–H and O–H groups in total. The Morgan fingerprint density at radius 1 is 0.931 bits per heavy atom. The maximum Gasteiger partial charge on any atom is 0.408 e. The highest BCUT2D eigenvalue weighted by Crippen LogP contribution is 2.06. The lowest BCUT2D eigenvalue weighted by Gasteiger charge is -2.21. The summed E-state index contributed by atoms with van der Waals surface area (Å²) in [7, 11) is 0. The van der Waals surface area contributed by atoms with Crippen molar-refractivity contribution in [3.05, 3.63) is 84.4 Å². The third-order valence-corrected chi connectivity index (χ3v) is 4.17. The Morgan fingerprint density at radius 2 is 1.52 bits per heavy atom. The van der Waals surface area contributed by atoms with E-state index in [4.69, 9.17) is 10.5 Å². The molecule has 0 radical (unpaired) electrons. The molecule has 0 spiro atoms. The number of benzene rings is 2. The van der Waals surface area contributed by atoms with Crippen molar-refractivity contribution in [3.63, 3.8) is 0 Å². The first-order valence-electron chi connectivity index (χ1n) is 9.21. The van der Waals surface area contributed by atoms with Crippen LogP contribution >= 0.6 is 0 Å².